The lowest BCUT2D eigenvalue weighted by Gasteiger charge is -2.28. The Kier molecular flexibility index (Phi) is 6.40. The number of carbonyl (C=O) groups excluding carboxylic acids is 4. The van der Waals surface area contributed by atoms with Gasteiger partial charge in [-0.3, -0.25) is 19.3 Å². The predicted octanol–water partition coefficient (Wildman–Crippen LogP) is 3.83. The van der Waals surface area contributed by atoms with E-state index in [0.717, 1.165) is 22.4 Å². The van der Waals surface area contributed by atoms with Gasteiger partial charge >= 0.3 is 5.97 Å². The number of ether oxygens (including phenoxy) is 1. The first-order valence-electron chi connectivity index (χ1n) is 11.0. The lowest BCUT2D eigenvalue weighted by Crippen LogP contribution is -2.50. The number of ketones is 1. The van der Waals surface area contributed by atoms with Gasteiger partial charge in [0.2, 0.25) is 11.8 Å². The summed E-state index contributed by atoms with van der Waals surface area (Å²) >= 11 is 7.35. The van der Waals surface area contributed by atoms with E-state index in [-0.39, 0.29) is 45.0 Å². The molecule has 0 radical (unpaired) electrons. The topological polar surface area (TPSA) is 80.8 Å². The van der Waals surface area contributed by atoms with Crippen LogP contribution in [0.3, 0.4) is 0 Å². The molecular weight excluding hydrogens is 542 g/mol. The molecule has 1 aromatic carbocycles. The maximum Gasteiger partial charge on any atom is 0.330 e. The van der Waals surface area contributed by atoms with Gasteiger partial charge in [0.25, 0.3) is 0 Å². The molecule has 1 aromatic rings. The Balaban J connectivity index is 1.49. The summed E-state index contributed by atoms with van der Waals surface area (Å²) in [6.45, 7) is 7.00. The second-order valence-corrected chi connectivity index (χ2v) is 11.7. The number of imide groups is 1. The van der Waals surface area contributed by atoms with E-state index in [4.69, 9.17) is 4.74 Å². The van der Waals surface area contributed by atoms with Gasteiger partial charge in [0.15, 0.2) is 12.4 Å². The van der Waals surface area contributed by atoms with Crippen LogP contribution < -0.4 is 0 Å². The van der Waals surface area contributed by atoms with Crippen molar-refractivity contribution in [2.45, 2.75) is 49.8 Å². The highest BCUT2D eigenvalue weighted by Crippen LogP contribution is 2.60. The fourth-order valence-corrected chi connectivity index (χ4v) is 7.42. The molecule has 7 atom stereocenters. The third kappa shape index (κ3) is 3.67. The Morgan fingerprint density at radius 2 is 1.59 bits per heavy atom. The number of esters is 1. The molecule has 3 fully saturated rings. The molecule has 2 bridgehead atoms. The fraction of sp³-hybridized carbons (Fsp3) is 0.583. The smallest absolute Gasteiger partial charge is 0.330 e. The normalized spacial score (nSPS) is 31.9. The van der Waals surface area contributed by atoms with Gasteiger partial charge in [-0.15, -0.1) is 0 Å². The number of alkyl halides is 2. The quantitative estimate of drug-likeness (QED) is 0.225. The lowest BCUT2D eigenvalue weighted by atomic mass is 9.81. The summed E-state index contributed by atoms with van der Waals surface area (Å²) in [6.07, 6.45) is 0.827. The van der Waals surface area contributed by atoms with Crippen LogP contribution in [-0.4, -0.2) is 50.8 Å². The van der Waals surface area contributed by atoms with Crippen molar-refractivity contribution in [3.63, 3.8) is 0 Å². The number of hydrogen-bond acceptors (Lipinski definition) is 5. The molecule has 1 saturated heterocycles. The first-order valence-corrected chi connectivity index (χ1v) is 12.8. The molecule has 2 aliphatic carbocycles. The number of halogens is 2. The second-order valence-electron chi connectivity index (χ2n) is 9.57. The Hall–Kier alpha value is -1.54. The van der Waals surface area contributed by atoms with Gasteiger partial charge < -0.3 is 4.74 Å². The molecule has 1 heterocycles. The minimum atomic E-state index is -1.03. The minimum Gasteiger partial charge on any atom is -0.456 e. The van der Waals surface area contributed by atoms with E-state index >= 15 is 0 Å². The third-order valence-electron chi connectivity index (χ3n) is 7.35. The van der Waals surface area contributed by atoms with Gasteiger partial charge in [0.05, 0.1) is 11.8 Å². The molecule has 2 amide bonds. The molecule has 0 aromatic heterocycles. The van der Waals surface area contributed by atoms with Gasteiger partial charge in [-0.25, -0.2) is 4.79 Å². The number of Topliss-reactive ketones (excluding diaryl/α,β-unsaturated/α-hetero) is 1. The van der Waals surface area contributed by atoms with E-state index < -0.39 is 30.5 Å². The maximum atomic E-state index is 13.3. The molecule has 1 aliphatic heterocycles. The predicted molar refractivity (Wildman–Crippen MR) is 126 cm³/mol. The van der Waals surface area contributed by atoms with Crippen LogP contribution in [0.1, 0.15) is 41.8 Å². The van der Waals surface area contributed by atoms with Crippen LogP contribution >= 0.6 is 31.9 Å². The van der Waals surface area contributed by atoms with Crippen LogP contribution in [0.2, 0.25) is 0 Å². The summed E-state index contributed by atoms with van der Waals surface area (Å²) in [4.78, 5) is 53.6. The largest absolute Gasteiger partial charge is 0.456 e. The van der Waals surface area contributed by atoms with Crippen molar-refractivity contribution in [1.82, 2.24) is 4.90 Å². The van der Waals surface area contributed by atoms with Crippen LogP contribution in [0.25, 0.3) is 0 Å². The van der Waals surface area contributed by atoms with E-state index in [1.807, 2.05) is 19.9 Å². The van der Waals surface area contributed by atoms with E-state index in [1.54, 1.807) is 26.0 Å². The summed E-state index contributed by atoms with van der Waals surface area (Å²) in [5.41, 5.74) is 2.51. The molecule has 2 saturated carbocycles. The maximum absolute atomic E-state index is 13.3. The van der Waals surface area contributed by atoms with Crippen molar-refractivity contribution in [3.8, 4) is 0 Å². The second kappa shape index (κ2) is 8.67. The zero-order valence-electron chi connectivity index (χ0n) is 18.5. The monoisotopic (exact) mass is 567 g/mol. The van der Waals surface area contributed by atoms with Crippen molar-refractivity contribution < 1.29 is 23.9 Å². The minimum absolute atomic E-state index is 0.0750. The highest BCUT2D eigenvalue weighted by molar-refractivity contribution is 9.12. The Bertz CT molecular complexity index is 961. The number of nitrogens with zero attached hydrogens (tertiary/aromatic N) is 1. The number of likely N-dealkylation sites (tertiary alicyclic amines) is 1. The summed E-state index contributed by atoms with van der Waals surface area (Å²) in [7, 11) is 0. The number of hydrogen-bond donors (Lipinski definition) is 0. The SMILES string of the molecule is Cc1ccc(C(=O)COC(=O)[C@H](C(C)C)N2C(=O)[C@@H]3[C@H]4C[C@@H]([C@H](Br)[C@H]4Br)[C@H]3C2=O)cc1C. The summed E-state index contributed by atoms with van der Waals surface area (Å²) in [5.74, 6) is -2.56. The molecule has 0 spiro atoms. The van der Waals surface area contributed by atoms with E-state index in [0.29, 0.717) is 5.56 Å². The molecule has 4 rings (SSSR count). The van der Waals surface area contributed by atoms with Crippen LogP contribution in [0.15, 0.2) is 18.2 Å². The van der Waals surface area contributed by atoms with Crippen LogP contribution in [0.5, 0.6) is 0 Å². The van der Waals surface area contributed by atoms with Crippen LogP contribution in [0, 0.1) is 43.4 Å². The first-order chi connectivity index (χ1) is 15.0. The number of amides is 2. The molecular formula is C24H27Br2NO5. The average molecular weight is 569 g/mol. The highest BCUT2D eigenvalue weighted by Gasteiger charge is 2.67. The Morgan fingerprint density at radius 1 is 1.03 bits per heavy atom. The molecule has 0 N–H and O–H groups in total. The average Bonchev–Trinajstić information content (AvgIpc) is 3.34. The zero-order chi connectivity index (χ0) is 23.5. The lowest BCUT2D eigenvalue weighted by molar-refractivity contribution is -0.160. The van der Waals surface area contributed by atoms with Gasteiger partial charge in [0, 0.05) is 15.2 Å². The standard InChI is InChI=1S/C24H27Br2NO5/c1-10(2)21(24(31)32-9-16(28)13-6-5-11(3)12(4)7-13)27-22(29)17-14-8-15(18(17)23(27)30)20(26)19(14)25/h5-7,10,14-15,17-21H,8-9H2,1-4H3/t14-,15-,17-,18-,19+,20+,21+/m1/s1. The van der Waals surface area contributed by atoms with Crippen molar-refractivity contribution >= 4 is 55.4 Å². The number of aryl methyl sites for hydroxylation is 2. The van der Waals surface area contributed by atoms with Crippen molar-refractivity contribution in [2.75, 3.05) is 6.61 Å². The van der Waals surface area contributed by atoms with Crippen LogP contribution in [-0.2, 0) is 19.1 Å². The third-order valence-corrected chi connectivity index (χ3v) is 10.6. The number of benzene rings is 1. The van der Waals surface area contributed by atoms with Crippen molar-refractivity contribution in [2.24, 2.45) is 29.6 Å². The fourth-order valence-electron chi connectivity index (χ4n) is 5.54. The van der Waals surface area contributed by atoms with Gasteiger partial charge in [-0.05, 0) is 55.2 Å². The van der Waals surface area contributed by atoms with E-state index in [2.05, 4.69) is 31.9 Å². The molecule has 6 nitrogen and oxygen atoms in total. The molecule has 3 aliphatic rings. The highest BCUT2D eigenvalue weighted by atomic mass is 79.9. The summed E-state index contributed by atoms with van der Waals surface area (Å²) in [5, 5.41) is 0. The number of rotatable bonds is 6. The van der Waals surface area contributed by atoms with E-state index in [1.165, 1.54) is 0 Å². The Labute approximate surface area is 204 Å². The molecule has 8 heteroatoms. The number of fused-ring (bicyclic) bond motifs is 5. The first kappa shape index (κ1) is 23.6. The van der Waals surface area contributed by atoms with Crippen molar-refractivity contribution in [3.05, 3.63) is 34.9 Å². The molecule has 172 valence electrons. The van der Waals surface area contributed by atoms with Crippen LogP contribution in [0.4, 0.5) is 0 Å². The summed E-state index contributed by atoms with van der Waals surface area (Å²) in [6, 6.07) is 4.29. The Morgan fingerprint density at radius 3 is 2.09 bits per heavy atom. The zero-order valence-corrected chi connectivity index (χ0v) is 21.7. The van der Waals surface area contributed by atoms with E-state index in [9.17, 15) is 19.2 Å². The molecule has 32 heavy (non-hydrogen) atoms. The number of carbonyl (C=O) groups is 4. The molecule has 0 unspecified atom stereocenters. The summed E-state index contributed by atoms with van der Waals surface area (Å²) < 4.78 is 5.34. The van der Waals surface area contributed by atoms with Gasteiger partial charge in [0.1, 0.15) is 6.04 Å². The van der Waals surface area contributed by atoms with Crippen molar-refractivity contribution in [1.29, 1.82) is 0 Å². The van der Waals surface area contributed by atoms with Gasteiger partial charge in [-0.1, -0.05) is 57.8 Å². The van der Waals surface area contributed by atoms with Gasteiger partial charge in [-0.2, -0.15) is 0 Å².